The van der Waals surface area contributed by atoms with Crippen molar-refractivity contribution in [2.24, 2.45) is 22.9 Å². The molecule has 9 N–H and O–H groups in total. The summed E-state index contributed by atoms with van der Waals surface area (Å²) >= 11 is 0.382. The molecule has 0 aromatic rings. The molecular formula is C5H19Cl2CoN4O4S2. The van der Waals surface area contributed by atoms with Gasteiger partial charge in [-0.2, -0.15) is 0 Å². The first-order valence-electron chi connectivity index (χ1n) is 4.16. The molecule has 0 aliphatic carbocycles. The topological polar surface area (TPSA) is 182 Å². The van der Waals surface area contributed by atoms with E-state index in [4.69, 9.17) is 48.3 Å². The molecule has 0 rings (SSSR count). The van der Waals surface area contributed by atoms with Crippen molar-refractivity contribution in [3.8, 4) is 0 Å². The summed E-state index contributed by atoms with van der Waals surface area (Å²) in [5.74, 6) is -0.675. The van der Waals surface area contributed by atoms with Gasteiger partial charge >= 0.3 is 33.2 Å². The number of halogens is 2. The fourth-order valence-corrected chi connectivity index (χ4v) is 0.581. The van der Waals surface area contributed by atoms with Crippen molar-refractivity contribution in [2.75, 3.05) is 32.1 Å². The van der Waals surface area contributed by atoms with Crippen molar-refractivity contribution >= 4 is 40.2 Å². The molecule has 0 heterocycles. The zero-order valence-corrected chi connectivity index (χ0v) is 13.6. The Morgan fingerprint density at radius 3 is 1.28 bits per heavy atom. The van der Waals surface area contributed by atoms with Crippen molar-refractivity contribution in [3.63, 3.8) is 0 Å². The molecule has 0 saturated carbocycles. The van der Waals surface area contributed by atoms with Crippen LogP contribution in [0.1, 0.15) is 0 Å². The maximum atomic E-state index is 9.48. The summed E-state index contributed by atoms with van der Waals surface area (Å²) in [6.07, 6.45) is 0. The van der Waals surface area contributed by atoms with Gasteiger partial charge in [0, 0.05) is 26.2 Å². The minimum atomic E-state index is -4.26. The third-order valence-corrected chi connectivity index (χ3v) is 2.11. The molecule has 118 valence electrons. The first-order chi connectivity index (χ1) is 8.30. The zero-order valence-electron chi connectivity index (χ0n) is 9.42. The van der Waals surface area contributed by atoms with E-state index in [-0.39, 0.29) is 10.8 Å². The Bertz CT molecular complexity index is 206. The van der Waals surface area contributed by atoms with Crippen LogP contribution in [0.2, 0.25) is 0 Å². The SMILES string of the molecule is NCCN.NCCN.O=S(=O)([O-])SCO.[Cl][Co+][Cl]. The normalized spacial score (nSPS) is 9.11. The molecule has 0 fully saturated rings. The van der Waals surface area contributed by atoms with Gasteiger partial charge in [0.15, 0.2) is 9.15 Å². The Hall–Kier alpha value is 1.15. The summed E-state index contributed by atoms with van der Waals surface area (Å²) < 4.78 is 28.4. The Balaban J connectivity index is -0.0000000775. The van der Waals surface area contributed by atoms with Gasteiger partial charge in [0.1, 0.15) is 5.94 Å². The molecule has 0 bridgehead atoms. The fourth-order valence-electron chi connectivity index (χ4n) is 0.0645. The number of hydrogen-bond donors (Lipinski definition) is 5. The summed E-state index contributed by atoms with van der Waals surface area (Å²) in [5.41, 5.74) is 19.6. The predicted molar refractivity (Wildman–Crippen MR) is 72.3 cm³/mol. The van der Waals surface area contributed by atoms with Crippen LogP contribution in [0.15, 0.2) is 0 Å². The van der Waals surface area contributed by atoms with Crippen molar-refractivity contribution in [1.29, 1.82) is 0 Å². The molecule has 0 unspecified atom stereocenters. The maximum absolute atomic E-state index is 9.48. The molecule has 18 heavy (non-hydrogen) atoms. The van der Waals surface area contributed by atoms with E-state index >= 15 is 0 Å². The van der Waals surface area contributed by atoms with Crippen LogP contribution >= 0.6 is 31.1 Å². The van der Waals surface area contributed by atoms with Gasteiger partial charge in [0.25, 0.3) is 0 Å². The monoisotopic (exact) mass is 392 g/mol. The van der Waals surface area contributed by atoms with E-state index in [1.807, 2.05) is 0 Å². The molecule has 0 aliphatic rings. The molecule has 0 aliphatic heterocycles. The number of aliphatic hydroxyl groups excluding tert-OH is 1. The molecular weight excluding hydrogens is 374 g/mol. The summed E-state index contributed by atoms with van der Waals surface area (Å²) in [5, 5.41) is 7.79. The van der Waals surface area contributed by atoms with Gasteiger partial charge in [0.2, 0.25) is 0 Å². The van der Waals surface area contributed by atoms with E-state index in [0.29, 0.717) is 39.1 Å². The summed E-state index contributed by atoms with van der Waals surface area (Å²) in [6.45, 7) is 2.39. The van der Waals surface area contributed by atoms with Crippen LogP contribution in [0.4, 0.5) is 0 Å². The van der Waals surface area contributed by atoms with Gasteiger partial charge in [-0.1, -0.05) is 0 Å². The van der Waals surface area contributed by atoms with Gasteiger partial charge in [-0.25, -0.2) is 8.42 Å². The van der Waals surface area contributed by atoms with E-state index < -0.39 is 15.1 Å². The van der Waals surface area contributed by atoms with Crippen LogP contribution in [0.25, 0.3) is 0 Å². The van der Waals surface area contributed by atoms with E-state index in [9.17, 15) is 13.0 Å². The van der Waals surface area contributed by atoms with E-state index in [2.05, 4.69) is 0 Å². The molecule has 0 atom stereocenters. The molecule has 0 amide bonds. The van der Waals surface area contributed by atoms with Crippen LogP contribution in [-0.4, -0.2) is 50.2 Å². The Labute approximate surface area is 126 Å². The Morgan fingerprint density at radius 1 is 1.06 bits per heavy atom. The molecule has 0 radical (unpaired) electrons. The zero-order chi connectivity index (χ0) is 15.4. The average Bonchev–Trinajstić information content (AvgIpc) is 2.29. The van der Waals surface area contributed by atoms with Gasteiger partial charge in [-0.05, 0) is 10.8 Å². The summed E-state index contributed by atoms with van der Waals surface area (Å²) in [4.78, 5) is 0. The molecule has 0 aromatic heterocycles. The van der Waals surface area contributed by atoms with Crippen molar-refractivity contribution in [1.82, 2.24) is 0 Å². The van der Waals surface area contributed by atoms with Gasteiger partial charge in [-0.15, -0.1) is 0 Å². The molecule has 0 aromatic carbocycles. The second-order valence-electron chi connectivity index (χ2n) is 1.86. The second-order valence-corrected chi connectivity index (χ2v) is 6.82. The van der Waals surface area contributed by atoms with Crippen molar-refractivity contribution in [2.45, 2.75) is 0 Å². The third-order valence-electron chi connectivity index (χ3n) is 0.530. The summed E-state index contributed by atoms with van der Waals surface area (Å²) in [7, 11) is 5.17. The predicted octanol–water partition coefficient (Wildman–Crippen LogP) is -1.69. The van der Waals surface area contributed by atoms with Crippen molar-refractivity contribution in [3.05, 3.63) is 0 Å². The van der Waals surface area contributed by atoms with Crippen LogP contribution < -0.4 is 22.9 Å². The number of rotatable bonds is 4. The first-order valence-corrected chi connectivity index (χ1v) is 9.93. The Kier molecular flexibility index (Phi) is 40.7. The standard InChI is InChI=1S/2C2H8N2.CH4O4S2.2ClH.Co/c2*3-1-2-4;2-1-6-7(3,4)5;;;/h2*1-4H2;2H,1H2,(H,3,4,5);2*1H;/q;;;;;+3/p-3. The van der Waals surface area contributed by atoms with Gasteiger partial charge < -0.3 is 32.6 Å². The summed E-state index contributed by atoms with van der Waals surface area (Å²) in [6, 6.07) is 0. The third kappa shape index (κ3) is 87.5. The number of hydrogen-bond acceptors (Lipinski definition) is 9. The van der Waals surface area contributed by atoms with Crippen LogP contribution in [-0.2, 0) is 22.0 Å². The Morgan fingerprint density at radius 2 is 1.28 bits per heavy atom. The molecule has 0 saturated heterocycles. The van der Waals surface area contributed by atoms with Crippen LogP contribution in [0.5, 0.6) is 0 Å². The van der Waals surface area contributed by atoms with E-state index in [0.717, 1.165) is 0 Å². The van der Waals surface area contributed by atoms with E-state index in [1.165, 1.54) is 0 Å². The number of aliphatic hydroxyl groups is 1. The fraction of sp³-hybridized carbons (Fsp3) is 1.00. The van der Waals surface area contributed by atoms with Crippen LogP contribution in [0, 0.1) is 0 Å². The van der Waals surface area contributed by atoms with Crippen molar-refractivity contribution < 1.29 is 31.0 Å². The first kappa shape index (κ1) is 27.5. The molecule has 0 spiro atoms. The van der Waals surface area contributed by atoms with Gasteiger partial charge in [0.05, 0.1) is 0 Å². The average molecular weight is 393 g/mol. The minimum absolute atomic E-state index is 0.0394. The second kappa shape index (κ2) is 26.7. The quantitative estimate of drug-likeness (QED) is 0.211. The molecule has 8 nitrogen and oxygen atoms in total. The molecule has 13 heteroatoms. The van der Waals surface area contributed by atoms with E-state index in [1.54, 1.807) is 0 Å². The number of nitrogens with two attached hydrogens (primary N) is 4. The van der Waals surface area contributed by atoms with Crippen LogP contribution in [0.3, 0.4) is 0 Å². The van der Waals surface area contributed by atoms with Gasteiger partial charge in [-0.3, -0.25) is 0 Å².